The van der Waals surface area contributed by atoms with Crippen LogP contribution in [0.2, 0.25) is 0 Å². The van der Waals surface area contributed by atoms with Crippen molar-refractivity contribution in [2.45, 2.75) is 25.7 Å². The lowest BCUT2D eigenvalue weighted by molar-refractivity contribution is -0.189. The van der Waals surface area contributed by atoms with Crippen molar-refractivity contribution in [3.05, 3.63) is 0 Å². The summed E-state index contributed by atoms with van der Waals surface area (Å²) in [6.07, 6.45) is -0.204. The molecule has 4 heteroatoms. The lowest BCUT2D eigenvalue weighted by Crippen LogP contribution is -2.33. The molecular weight excluding hydrogens is 139 g/mol. The highest BCUT2D eigenvalue weighted by Crippen LogP contribution is 2.24. The second kappa shape index (κ2) is 2.29. The molecule has 0 saturated carbocycles. The zero-order valence-electron chi connectivity index (χ0n) is 5.89. The van der Waals surface area contributed by atoms with E-state index in [0.29, 0.717) is 0 Å². The number of carbonyl (C=O) groups excluding carboxylic acids is 1. The van der Waals surface area contributed by atoms with Crippen LogP contribution in [0.3, 0.4) is 0 Å². The molecule has 0 spiro atoms. The molecule has 1 rings (SSSR count). The molecule has 1 aliphatic rings. The minimum Gasteiger partial charge on any atom is -0.339 e. The van der Waals surface area contributed by atoms with Gasteiger partial charge in [-0.25, -0.2) is 0 Å². The van der Waals surface area contributed by atoms with E-state index in [1.165, 1.54) is 6.92 Å². The second-order valence-corrected chi connectivity index (χ2v) is 2.46. The van der Waals surface area contributed by atoms with Gasteiger partial charge in [0.05, 0.1) is 12.7 Å². The Morgan fingerprint density at radius 3 is 2.60 bits per heavy atom. The number of hydrogen-bond acceptors (Lipinski definition) is 3. The SMILES string of the molecule is CC1COC(C)(C(=O)F)O1. The summed E-state index contributed by atoms with van der Waals surface area (Å²) in [6, 6.07) is -1.57. The first kappa shape index (κ1) is 7.63. The first-order chi connectivity index (χ1) is 4.54. The standard InChI is InChI=1S/C6H9FO3/c1-4-3-9-6(2,10-4)5(7)8/h4H,3H2,1-2H3. The number of ether oxygens (including phenoxy) is 2. The van der Waals surface area contributed by atoms with E-state index < -0.39 is 11.8 Å². The summed E-state index contributed by atoms with van der Waals surface area (Å²) in [5.41, 5.74) is 0. The van der Waals surface area contributed by atoms with E-state index in [9.17, 15) is 9.18 Å². The van der Waals surface area contributed by atoms with E-state index in [1.807, 2.05) is 0 Å². The van der Waals surface area contributed by atoms with Crippen LogP contribution in [-0.4, -0.2) is 24.5 Å². The molecule has 0 radical (unpaired) electrons. The lowest BCUT2D eigenvalue weighted by Gasteiger charge is -2.15. The summed E-state index contributed by atoms with van der Waals surface area (Å²) in [5, 5.41) is 0. The van der Waals surface area contributed by atoms with Crippen molar-refractivity contribution in [3.63, 3.8) is 0 Å². The average Bonchev–Trinajstić information content (AvgIpc) is 2.13. The Morgan fingerprint density at radius 1 is 1.80 bits per heavy atom. The maximum absolute atomic E-state index is 12.1. The highest BCUT2D eigenvalue weighted by atomic mass is 19.1. The zero-order valence-corrected chi connectivity index (χ0v) is 5.89. The number of carbonyl (C=O) groups is 1. The summed E-state index contributed by atoms with van der Waals surface area (Å²) >= 11 is 0. The van der Waals surface area contributed by atoms with Crippen molar-refractivity contribution in [2.24, 2.45) is 0 Å². The number of rotatable bonds is 1. The van der Waals surface area contributed by atoms with Gasteiger partial charge in [-0.2, -0.15) is 4.39 Å². The fraction of sp³-hybridized carbons (Fsp3) is 0.833. The van der Waals surface area contributed by atoms with Gasteiger partial charge in [-0.15, -0.1) is 0 Å². The van der Waals surface area contributed by atoms with Crippen LogP contribution in [0.25, 0.3) is 0 Å². The first-order valence-electron chi connectivity index (χ1n) is 3.06. The number of halogens is 1. The third-order valence-electron chi connectivity index (χ3n) is 1.38. The smallest absolute Gasteiger partial charge is 0.339 e. The fourth-order valence-electron chi connectivity index (χ4n) is 0.831. The van der Waals surface area contributed by atoms with Gasteiger partial charge in [0.1, 0.15) is 0 Å². The van der Waals surface area contributed by atoms with Gasteiger partial charge in [0.15, 0.2) is 0 Å². The molecule has 1 aliphatic heterocycles. The van der Waals surface area contributed by atoms with Crippen molar-refractivity contribution >= 4 is 6.04 Å². The van der Waals surface area contributed by atoms with Crippen molar-refractivity contribution in [2.75, 3.05) is 6.61 Å². The fourth-order valence-corrected chi connectivity index (χ4v) is 0.831. The molecule has 2 unspecified atom stereocenters. The van der Waals surface area contributed by atoms with Crippen LogP contribution in [0.1, 0.15) is 13.8 Å². The molecule has 0 aromatic heterocycles. The predicted octanol–water partition coefficient (Wildman–Crippen LogP) is 0.634. The molecule has 2 atom stereocenters. The average molecular weight is 148 g/mol. The normalized spacial score (nSPS) is 40.1. The van der Waals surface area contributed by atoms with Crippen molar-refractivity contribution in [3.8, 4) is 0 Å². The molecule has 58 valence electrons. The molecule has 0 bridgehead atoms. The maximum atomic E-state index is 12.1. The Labute approximate surface area is 58.1 Å². The minimum absolute atomic E-state index is 0.204. The van der Waals surface area contributed by atoms with E-state index in [4.69, 9.17) is 9.47 Å². The topological polar surface area (TPSA) is 35.5 Å². The molecule has 0 aliphatic carbocycles. The summed E-state index contributed by atoms with van der Waals surface area (Å²) in [5.74, 6) is -1.64. The Morgan fingerprint density at radius 2 is 2.40 bits per heavy atom. The summed E-state index contributed by atoms with van der Waals surface area (Å²) in [6.45, 7) is 3.26. The van der Waals surface area contributed by atoms with Crippen molar-refractivity contribution in [1.82, 2.24) is 0 Å². The largest absolute Gasteiger partial charge is 0.360 e. The van der Waals surface area contributed by atoms with Crippen LogP contribution >= 0.6 is 0 Å². The second-order valence-electron chi connectivity index (χ2n) is 2.46. The zero-order chi connectivity index (χ0) is 7.78. The molecule has 1 fully saturated rings. The van der Waals surface area contributed by atoms with Crippen LogP contribution in [0.4, 0.5) is 4.39 Å². The Balaban J connectivity index is 2.63. The summed E-state index contributed by atoms with van der Waals surface area (Å²) < 4.78 is 21.7. The molecule has 0 N–H and O–H groups in total. The first-order valence-corrected chi connectivity index (χ1v) is 3.06. The highest BCUT2D eigenvalue weighted by molar-refractivity contribution is 5.76. The lowest BCUT2D eigenvalue weighted by atomic mass is 10.3. The van der Waals surface area contributed by atoms with Gasteiger partial charge in [-0.05, 0) is 6.92 Å². The number of hydrogen-bond donors (Lipinski definition) is 0. The van der Waals surface area contributed by atoms with Crippen LogP contribution < -0.4 is 0 Å². The molecule has 1 saturated heterocycles. The van der Waals surface area contributed by atoms with Crippen LogP contribution in [-0.2, 0) is 14.3 Å². The van der Waals surface area contributed by atoms with Crippen LogP contribution in [0, 0.1) is 0 Å². The van der Waals surface area contributed by atoms with Crippen LogP contribution in [0.5, 0.6) is 0 Å². The van der Waals surface area contributed by atoms with E-state index in [2.05, 4.69) is 0 Å². The van der Waals surface area contributed by atoms with Gasteiger partial charge < -0.3 is 9.47 Å². The molecule has 1 heterocycles. The van der Waals surface area contributed by atoms with Gasteiger partial charge in [0.25, 0.3) is 5.79 Å². The third kappa shape index (κ3) is 1.17. The van der Waals surface area contributed by atoms with E-state index in [1.54, 1.807) is 6.92 Å². The van der Waals surface area contributed by atoms with E-state index in [-0.39, 0.29) is 12.7 Å². The van der Waals surface area contributed by atoms with E-state index in [0.717, 1.165) is 0 Å². The van der Waals surface area contributed by atoms with Crippen LogP contribution in [0.15, 0.2) is 0 Å². The van der Waals surface area contributed by atoms with Gasteiger partial charge in [-0.3, -0.25) is 4.79 Å². The quantitative estimate of drug-likeness (QED) is 0.512. The van der Waals surface area contributed by atoms with Gasteiger partial charge in [0.2, 0.25) is 0 Å². The Kier molecular flexibility index (Phi) is 1.74. The summed E-state index contributed by atoms with van der Waals surface area (Å²) in [4.78, 5) is 10.2. The van der Waals surface area contributed by atoms with Gasteiger partial charge in [-0.1, -0.05) is 0 Å². The Hall–Kier alpha value is -0.480. The molecule has 0 amide bonds. The third-order valence-corrected chi connectivity index (χ3v) is 1.38. The molecular formula is C6H9FO3. The Bertz CT molecular complexity index is 159. The molecule has 0 aromatic rings. The molecule has 0 aromatic carbocycles. The van der Waals surface area contributed by atoms with Crippen molar-refractivity contribution in [1.29, 1.82) is 0 Å². The van der Waals surface area contributed by atoms with Gasteiger partial charge in [0, 0.05) is 6.92 Å². The summed E-state index contributed by atoms with van der Waals surface area (Å²) in [7, 11) is 0. The minimum atomic E-state index is -1.64. The molecule has 3 nitrogen and oxygen atoms in total. The van der Waals surface area contributed by atoms with E-state index >= 15 is 0 Å². The highest BCUT2D eigenvalue weighted by Gasteiger charge is 2.42. The monoisotopic (exact) mass is 148 g/mol. The predicted molar refractivity (Wildman–Crippen MR) is 31.0 cm³/mol. The molecule has 10 heavy (non-hydrogen) atoms. The van der Waals surface area contributed by atoms with Crippen molar-refractivity contribution < 1.29 is 18.7 Å². The van der Waals surface area contributed by atoms with Gasteiger partial charge >= 0.3 is 6.04 Å². The maximum Gasteiger partial charge on any atom is 0.360 e.